The number of hydrogen-bond acceptors (Lipinski definition) is 7. The number of nitrogens with zero attached hydrogens (tertiary/aromatic N) is 1. The molecule has 200 valence electrons. The van der Waals surface area contributed by atoms with Crippen molar-refractivity contribution in [1.29, 1.82) is 0 Å². The van der Waals surface area contributed by atoms with E-state index in [-0.39, 0.29) is 54.1 Å². The summed E-state index contributed by atoms with van der Waals surface area (Å²) in [4.78, 5) is 4.19. The zero-order chi connectivity index (χ0) is 27.3. The van der Waals surface area contributed by atoms with Crippen LogP contribution in [0.2, 0.25) is 0 Å². The van der Waals surface area contributed by atoms with E-state index in [0.717, 1.165) is 11.1 Å². The van der Waals surface area contributed by atoms with Crippen LogP contribution in [0.4, 0.5) is 0 Å². The molecule has 9 nitrogen and oxygen atoms in total. The summed E-state index contributed by atoms with van der Waals surface area (Å²) in [5.41, 5.74) is 14.1. The second-order valence-electron chi connectivity index (χ2n) is 9.27. The third-order valence-electron chi connectivity index (χ3n) is 6.51. The Bertz CT molecular complexity index is 1390. The first-order chi connectivity index (χ1) is 18.1. The monoisotopic (exact) mass is 559 g/mol. The molecule has 3 aromatic rings. The number of allylic oxidation sites excluding steroid dienone is 1. The number of aliphatic imine (C=N–C) groups is 1. The van der Waals surface area contributed by atoms with Gasteiger partial charge in [0.15, 0.2) is 5.96 Å². The van der Waals surface area contributed by atoms with Crippen LogP contribution in [-0.4, -0.2) is 34.4 Å². The Hall–Kier alpha value is -2.86. The van der Waals surface area contributed by atoms with Gasteiger partial charge in [0.1, 0.15) is 11.5 Å². The Kier molecular flexibility index (Phi) is 10.6. The van der Waals surface area contributed by atoms with Gasteiger partial charge < -0.3 is 31.0 Å². The molecule has 4 heterocycles. The van der Waals surface area contributed by atoms with Crippen LogP contribution in [0, 0.1) is 5.92 Å². The summed E-state index contributed by atoms with van der Waals surface area (Å²) >= 11 is 0. The smallest absolute Gasteiger partial charge is 0.748 e. The van der Waals surface area contributed by atoms with Crippen LogP contribution >= 0.6 is 0 Å². The molecule has 4 aliphatic heterocycles. The van der Waals surface area contributed by atoms with Crippen molar-refractivity contribution in [2.75, 3.05) is 0 Å². The molecule has 4 bridgehead atoms. The zero-order valence-electron chi connectivity index (χ0n) is 21.6. The first kappa shape index (κ1) is 30.7. The number of guanidine groups is 1. The molecule has 0 aliphatic carbocycles. The SMILES string of the molecule is NC(N)=NC1Oc2ccc(cc2)CCC(S(=O)(=O)[O-])C(C=CC(O)c2ccc(O)cc2)Cc2ccc1cc2.[Na+]. The number of aliphatic hydroxyl groups excluding tert-OH is 1. The summed E-state index contributed by atoms with van der Waals surface area (Å²) in [7, 11) is -4.68. The van der Waals surface area contributed by atoms with E-state index in [0.29, 0.717) is 23.3 Å². The standard InChI is InChI=1S/C28H31N3O6S.Na/c29-28(30)31-27-21-6-1-19(2-7-21)17-22(10-15-25(33)20-8-11-23(32)12-9-20)26(38(34,35)36)16-5-18-3-13-24(37-27)14-4-18;/h1-4,6-15,22,25-27,32-33H,5,16-17H2,(H4,29,30,31)(H,34,35,36);/q;+1/p-1. The number of nitrogens with two attached hydrogens (primary N) is 2. The number of aromatic hydroxyl groups is 1. The first-order valence-electron chi connectivity index (χ1n) is 12.1. The second-order valence-corrected chi connectivity index (χ2v) is 10.9. The molecular formula is C28H30N3NaO6S. The van der Waals surface area contributed by atoms with E-state index in [9.17, 15) is 23.2 Å². The maximum Gasteiger partial charge on any atom is 1.00 e. The van der Waals surface area contributed by atoms with Gasteiger partial charge in [0, 0.05) is 5.56 Å². The molecule has 0 saturated heterocycles. The largest absolute Gasteiger partial charge is 1.00 e. The Balaban J connectivity index is 0.00000420. The van der Waals surface area contributed by atoms with Crippen LogP contribution in [0.3, 0.4) is 0 Å². The molecule has 7 rings (SSSR count). The van der Waals surface area contributed by atoms with E-state index in [1.54, 1.807) is 54.6 Å². The number of aliphatic hydroxyl groups is 1. The summed E-state index contributed by atoms with van der Waals surface area (Å²) < 4.78 is 43.4. The van der Waals surface area contributed by atoms with Gasteiger partial charge >= 0.3 is 29.6 Å². The van der Waals surface area contributed by atoms with E-state index < -0.39 is 33.6 Å². The molecule has 4 aliphatic rings. The van der Waals surface area contributed by atoms with Crippen LogP contribution in [0.15, 0.2) is 89.9 Å². The topological polar surface area (TPSA) is 171 Å². The van der Waals surface area contributed by atoms with Crippen LogP contribution in [0.1, 0.15) is 41.0 Å². The van der Waals surface area contributed by atoms with Crippen molar-refractivity contribution in [3.05, 3.63) is 107 Å². The van der Waals surface area contributed by atoms with Crippen molar-refractivity contribution in [1.82, 2.24) is 0 Å². The minimum Gasteiger partial charge on any atom is -0.748 e. The number of aryl methyl sites for hydroxylation is 1. The van der Waals surface area contributed by atoms with Gasteiger partial charge in [-0.2, -0.15) is 0 Å². The van der Waals surface area contributed by atoms with Gasteiger partial charge in [0.05, 0.1) is 21.5 Å². The molecular weight excluding hydrogens is 529 g/mol. The van der Waals surface area contributed by atoms with Gasteiger partial charge in [-0.1, -0.05) is 60.7 Å². The average molecular weight is 560 g/mol. The van der Waals surface area contributed by atoms with E-state index in [2.05, 4.69) is 4.99 Å². The molecule has 4 atom stereocenters. The Morgan fingerprint density at radius 2 is 1.62 bits per heavy atom. The second kappa shape index (κ2) is 13.5. The molecule has 0 amide bonds. The van der Waals surface area contributed by atoms with Crippen LogP contribution in [-0.2, 0) is 23.0 Å². The minimum atomic E-state index is -4.68. The van der Waals surface area contributed by atoms with E-state index in [4.69, 9.17) is 16.2 Å². The third kappa shape index (κ3) is 8.56. The van der Waals surface area contributed by atoms with E-state index in [1.807, 2.05) is 12.1 Å². The minimum absolute atomic E-state index is 0. The van der Waals surface area contributed by atoms with Gasteiger partial charge in [-0.25, -0.2) is 13.4 Å². The molecule has 0 saturated carbocycles. The molecule has 3 aromatic carbocycles. The number of phenols is 1. The van der Waals surface area contributed by atoms with Crippen molar-refractivity contribution in [3.63, 3.8) is 0 Å². The van der Waals surface area contributed by atoms with Gasteiger partial charge in [0.25, 0.3) is 0 Å². The predicted octanol–water partition coefficient (Wildman–Crippen LogP) is 0.0557. The number of phenolic OH excluding ortho intramolecular Hbond substituents is 1. The summed E-state index contributed by atoms with van der Waals surface area (Å²) in [6.07, 6.45) is 1.95. The van der Waals surface area contributed by atoms with E-state index in [1.165, 1.54) is 18.2 Å². The number of rotatable bonds is 5. The number of ether oxygens (including phenoxy) is 1. The van der Waals surface area contributed by atoms with Crippen molar-refractivity contribution >= 4 is 16.1 Å². The molecule has 0 fully saturated rings. The molecule has 11 heteroatoms. The summed E-state index contributed by atoms with van der Waals surface area (Å²) in [5.74, 6) is -0.244. The van der Waals surface area contributed by atoms with Crippen molar-refractivity contribution < 1.29 is 57.5 Å². The Labute approximate surface area is 250 Å². The van der Waals surface area contributed by atoms with Crippen LogP contribution in [0.25, 0.3) is 0 Å². The van der Waals surface area contributed by atoms with Gasteiger partial charge in [-0.15, -0.1) is 0 Å². The van der Waals surface area contributed by atoms with Gasteiger partial charge in [0.2, 0.25) is 6.23 Å². The fraction of sp³-hybridized carbons (Fsp3) is 0.250. The predicted molar refractivity (Wildman–Crippen MR) is 143 cm³/mol. The van der Waals surface area contributed by atoms with Gasteiger partial charge in [-0.3, -0.25) is 0 Å². The normalized spacial score (nSPS) is 20.3. The van der Waals surface area contributed by atoms with Crippen LogP contribution < -0.4 is 45.8 Å². The molecule has 0 spiro atoms. The number of benzene rings is 3. The quantitative estimate of drug-likeness (QED) is 0.112. The molecule has 0 radical (unpaired) electrons. The Morgan fingerprint density at radius 3 is 2.21 bits per heavy atom. The Morgan fingerprint density at radius 1 is 1.00 bits per heavy atom. The molecule has 4 unspecified atom stereocenters. The number of hydrogen-bond donors (Lipinski definition) is 4. The van der Waals surface area contributed by atoms with Crippen LogP contribution in [0.5, 0.6) is 11.5 Å². The summed E-state index contributed by atoms with van der Waals surface area (Å²) in [6.45, 7) is 0. The third-order valence-corrected chi connectivity index (χ3v) is 7.84. The maximum absolute atomic E-state index is 12.5. The molecule has 39 heavy (non-hydrogen) atoms. The van der Waals surface area contributed by atoms with E-state index >= 15 is 0 Å². The molecule has 0 aromatic heterocycles. The van der Waals surface area contributed by atoms with Crippen molar-refractivity contribution in [2.24, 2.45) is 22.4 Å². The maximum atomic E-state index is 12.5. The van der Waals surface area contributed by atoms with Crippen molar-refractivity contribution in [3.8, 4) is 11.5 Å². The fourth-order valence-electron chi connectivity index (χ4n) is 4.49. The fourth-order valence-corrected chi connectivity index (χ4v) is 5.52. The van der Waals surface area contributed by atoms with Gasteiger partial charge in [-0.05, 0) is 66.1 Å². The first-order valence-corrected chi connectivity index (χ1v) is 13.6. The zero-order valence-corrected chi connectivity index (χ0v) is 24.4. The molecule has 6 N–H and O–H groups in total. The van der Waals surface area contributed by atoms with Crippen molar-refractivity contribution in [2.45, 2.75) is 36.8 Å². The average Bonchev–Trinajstić information content (AvgIpc) is 2.88. The summed E-state index contributed by atoms with van der Waals surface area (Å²) in [6, 6.07) is 20.3. The summed E-state index contributed by atoms with van der Waals surface area (Å²) in [5, 5.41) is 18.9.